The molecule has 1 heterocycles. The molecule has 3 rings (SSSR count). The van der Waals surface area contributed by atoms with E-state index in [2.05, 4.69) is 5.32 Å². The monoisotopic (exact) mass is 364 g/mol. The smallest absolute Gasteiger partial charge is 0.335 e. The number of carbonyl (C=O) groups excluding carboxylic acids is 3. The molecule has 0 radical (unpaired) electrons. The molecule has 1 N–H and O–H groups in total. The summed E-state index contributed by atoms with van der Waals surface area (Å²) in [6, 6.07) is 11.6. The Morgan fingerprint density at radius 3 is 2.52 bits per heavy atom. The summed E-state index contributed by atoms with van der Waals surface area (Å²) in [6.07, 6.45) is 1.46. The number of carbonyl (C=O) groups is 3. The Hall–Kier alpha value is -3.41. The first-order valence-corrected chi connectivity index (χ1v) is 8.62. The van der Waals surface area contributed by atoms with Crippen LogP contribution in [0.1, 0.15) is 23.6 Å². The van der Waals surface area contributed by atoms with E-state index in [-0.39, 0.29) is 5.57 Å². The molecule has 2 aromatic rings. The lowest BCUT2D eigenvalue weighted by Gasteiger charge is -2.26. The van der Waals surface area contributed by atoms with E-state index in [9.17, 15) is 14.4 Å². The van der Waals surface area contributed by atoms with Crippen LogP contribution in [0.15, 0.2) is 48.0 Å². The van der Waals surface area contributed by atoms with Crippen LogP contribution in [0.5, 0.6) is 5.75 Å². The fourth-order valence-corrected chi connectivity index (χ4v) is 2.78. The number of rotatable bonds is 4. The molecule has 1 aliphatic heterocycles. The third-order valence-corrected chi connectivity index (χ3v) is 4.33. The molecule has 6 heteroatoms. The van der Waals surface area contributed by atoms with Crippen molar-refractivity contribution in [3.05, 3.63) is 64.7 Å². The molecule has 138 valence electrons. The van der Waals surface area contributed by atoms with Crippen molar-refractivity contribution in [3.8, 4) is 5.75 Å². The van der Waals surface area contributed by atoms with Gasteiger partial charge in [-0.2, -0.15) is 0 Å². The van der Waals surface area contributed by atoms with Gasteiger partial charge in [0.2, 0.25) is 0 Å². The highest BCUT2D eigenvalue weighted by molar-refractivity contribution is 6.39. The Labute approximate surface area is 157 Å². The number of nitrogens with zero attached hydrogens (tertiary/aromatic N) is 1. The van der Waals surface area contributed by atoms with Crippen molar-refractivity contribution < 1.29 is 19.1 Å². The number of barbiturate groups is 1. The maximum absolute atomic E-state index is 12.9. The second-order valence-electron chi connectivity index (χ2n) is 6.23. The molecule has 0 aliphatic carbocycles. The van der Waals surface area contributed by atoms with Crippen LogP contribution in [-0.2, 0) is 9.59 Å². The summed E-state index contributed by atoms with van der Waals surface area (Å²) in [6.45, 7) is 6.22. The van der Waals surface area contributed by atoms with E-state index in [0.29, 0.717) is 23.6 Å². The van der Waals surface area contributed by atoms with Crippen LogP contribution >= 0.6 is 0 Å². The minimum absolute atomic E-state index is 0.110. The zero-order chi connectivity index (χ0) is 19.6. The predicted molar refractivity (Wildman–Crippen MR) is 103 cm³/mol. The molecule has 1 aliphatic rings. The lowest BCUT2D eigenvalue weighted by Crippen LogP contribution is -2.54. The highest BCUT2D eigenvalue weighted by Gasteiger charge is 2.36. The quantitative estimate of drug-likeness (QED) is 0.667. The van der Waals surface area contributed by atoms with Crippen molar-refractivity contribution in [2.45, 2.75) is 20.8 Å². The third kappa shape index (κ3) is 3.74. The standard InChI is InChI=1S/C21H20N2O4/c1-4-27-17-7-5-6-15(11-17)12-18-19(24)22-21(26)23(20(18)25)16-9-8-13(2)14(3)10-16/h5-12H,4H2,1-3H3,(H,22,24,26)/b18-12-. The molecule has 1 fully saturated rings. The van der Waals surface area contributed by atoms with Gasteiger partial charge in [0.05, 0.1) is 12.3 Å². The van der Waals surface area contributed by atoms with E-state index in [1.165, 1.54) is 6.08 Å². The lowest BCUT2D eigenvalue weighted by atomic mass is 10.0. The Kier molecular flexibility index (Phi) is 5.07. The van der Waals surface area contributed by atoms with Gasteiger partial charge >= 0.3 is 6.03 Å². The third-order valence-electron chi connectivity index (χ3n) is 4.33. The maximum atomic E-state index is 12.9. The highest BCUT2D eigenvalue weighted by atomic mass is 16.5. The molecule has 0 aromatic heterocycles. The molecule has 0 spiro atoms. The van der Waals surface area contributed by atoms with Crippen molar-refractivity contribution >= 4 is 29.6 Å². The summed E-state index contributed by atoms with van der Waals surface area (Å²) in [5, 5.41) is 2.23. The lowest BCUT2D eigenvalue weighted by molar-refractivity contribution is -0.122. The average molecular weight is 364 g/mol. The summed E-state index contributed by atoms with van der Waals surface area (Å²) in [5.74, 6) is -0.738. The van der Waals surface area contributed by atoms with Crippen LogP contribution in [0.4, 0.5) is 10.5 Å². The van der Waals surface area contributed by atoms with Gasteiger partial charge in [0.15, 0.2) is 0 Å². The van der Waals surface area contributed by atoms with E-state index in [0.717, 1.165) is 16.0 Å². The van der Waals surface area contributed by atoms with Crippen LogP contribution in [0.2, 0.25) is 0 Å². The molecular weight excluding hydrogens is 344 g/mol. The predicted octanol–water partition coefficient (Wildman–Crippen LogP) is 3.37. The van der Waals surface area contributed by atoms with Gasteiger partial charge in [0, 0.05) is 0 Å². The number of ether oxygens (including phenoxy) is 1. The number of anilines is 1. The van der Waals surface area contributed by atoms with Crippen LogP contribution in [0.25, 0.3) is 6.08 Å². The SMILES string of the molecule is CCOc1cccc(/C=C2/C(=O)NC(=O)N(c3ccc(C)c(C)c3)C2=O)c1. The van der Waals surface area contributed by atoms with E-state index >= 15 is 0 Å². The van der Waals surface area contributed by atoms with Gasteiger partial charge in [-0.25, -0.2) is 9.69 Å². The molecule has 0 atom stereocenters. The molecule has 2 aromatic carbocycles. The van der Waals surface area contributed by atoms with Crippen LogP contribution in [0.3, 0.4) is 0 Å². The van der Waals surface area contributed by atoms with E-state index in [4.69, 9.17) is 4.74 Å². The summed E-state index contributed by atoms with van der Waals surface area (Å²) < 4.78 is 5.44. The zero-order valence-corrected chi connectivity index (χ0v) is 15.4. The van der Waals surface area contributed by atoms with E-state index in [1.807, 2.05) is 26.8 Å². The summed E-state index contributed by atoms with van der Waals surface area (Å²) in [7, 11) is 0. The van der Waals surface area contributed by atoms with Crippen molar-refractivity contribution in [1.29, 1.82) is 0 Å². The first-order valence-electron chi connectivity index (χ1n) is 8.62. The first kappa shape index (κ1) is 18.4. The van der Waals surface area contributed by atoms with Crippen molar-refractivity contribution in [1.82, 2.24) is 5.32 Å². The number of benzene rings is 2. The van der Waals surface area contributed by atoms with E-state index < -0.39 is 17.8 Å². The van der Waals surface area contributed by atoms with Crippen molar-refractivity contribution in [2.24, 2.45) is 0 Å². The molecule has 4 amide bonds. The summed E-state index contributed by atoms with van der Waals surface area (Å²) in [5.41, 5.74) is 2.93. The van der Waals surface area contributed by atoms with Gasteiger partial charge in [-0.3, -0.25) is 14.9 Å². The van der Waals surface area contributed by atoms with Gasteiger partial charge in [-0.05, 0) is 67.8 Å². The number of imide groups is 2. The van der Waals surface area contributed by atoms with Crippen LogP contribution < -0.4 is 15.0 Å². The number of hydrogen-bond donors (Lipinski definition) is 1. The van der Waals surface area contributed by atoms with E-state index in [1.54, 1.807) is 36.4 Å². The second-order valence-corrected chi connectivity index (χ2v) is 6.23. The van der Waals surface area contributed by atoms with Gasteiger partial charge in [0.25, 0.3) is 11.8 Å². The average Bonchev–Trinajstić information content (AvgIpc) is 2.62. The zero-order valence-electron chi connectivity index (χ0n) is 15.4. The van der Waals surface area contributed by atoms with Crippen LogP contribution in [-0.4, -0.2) is 24.5 Å². The Bertz CT molecular complexity index is 962. The largest absolute Gasteiger partial charge is 0.494 e. The molecule has 27 heavy (non-hydrogen) atoms. The van der Waals surface area contributed by atoms with Gasteiger partial charge in [-0.1, -0.05) is 18.2 Å². The maximum Gasteiger partial charge on any atom is 0.335 e. The van der Waals surface area contributed by atoms with Gasteiger partial charge in [-0.15, -0.1) is 0 Å². The molecule has 6 nitrogen and oxygen atoms in total. The number of amides is 4. The van der Waals surface area contributed by atoms with Crippen molar-refractivity contribution in [2.75, 3.05) is 11.5 Å². The van der Waals surface area contributed by atoms with Gasteiger partial charge in [0.1, 0.15) is 11.3 Å². The van der Waals surface area contributed by atoms with Gasteiger partial charge < -0.3 is 4.74 Å². The Balaban J connectivity index is 1.99. The van der Waals surface area contributed by atoms with Crippen molar-refractivity contribution in [3.63, 3.8) is 0 Å². The summed E-state index contributed by atoms with van der Waals surface area (Å²) >= 11 is 0. The molecular formula is C21H20N2O4. The summed E-state index contributed by atoms with van der Waals surface area (Å²) in [4.78, 5) is 38.4. The second kappa shape index (κ2) is 7.45. The number of hydrogen-bond acceptors (Lipinski definition) is 4. The Morgan fingerprint density at radius 2 is 1.81 bits per heavy atom. The topological polar surface area (TPSA) is 75.7 Å². The number of nitrogens with one attached hydrogen (secondary N) is 1. The molecule has 0 bridgehead atoms. The number of urea groups is 1. The minimum atomic E-state index is -0.756. The fourth-order valence-electron chi connectivity index (χ4n) is 2.78. The first-order chi connectivity index (χ1) is 12.9. The molecule has 1 saturated heterocycles. The highest BCUT2D eigenvalue weighted by Crippen LogP contribution is 2.24. The Morgan fingerprint density at radius 1 is 1.04 bits per heavy atom. The minimum Gasteiger partial charge on any atom is -0.494 e. The molecule has 0 saturated carbocycles. The normalized spacial score (nSPS) is 15.9. The molecule has 0 unspecified atom stereocenters. The van der Waals surface area contributed by atoms with Crippen LogP contribution in [0, 0.1) is 13.8 Å². The fraction of sp³-hybridized carbons (Fsp3) is 0.190. The number of aryl methyl sites for hydroxylation is 2.